The third-order valence-electron chi connectivity index (χ3n) is 5.86. The second kappa shape index (κ2) is 10.6. The van der Waals surface area contributed by atoms with Crippen LogP contribution in [0.15, 0.2) is 48.5 Å². The van der Waals surface area contributed by atoms with Gasteiger partial charge < -0.3 is 16.0 Å². The zero-order valence-electron chi connectivity index (χ0n) is 19.0. The molecule has 0 radical (unpaired) electrons. The Morgan fingerprint density at radius 3 is 2.18 bits per heavy atom. The Hall–Kier alpha value is -3.23. The van der Waals surface area contributed by atoms with Crippen LogP contribution in [0.5, 0.6) is 0 Å². The Morgan fingerprint density at radius 2 is 1.52 bits per heavy atom. The molecule has 0 spiro atoms. The van der Waals surface area contributed by atoms with E-state index in [0.29, 0.717) is 29.5 Å². The van der Waals surface area contributed by atoms with Gasteiger partial charge in [-0.25, -0.2) is 0 Å². The second-order valence-corrected chi connectivity index (χ2v) is 8.81. The van der Waals surface area contributed by atoms with Crippen molar-refractivity contribution >= 4 is 29.1 Å². The molecule has 1 aliphatic carbocycles. The van der Waals surface area contributed by atoms with Crippen LogP contribution in [-0.2, 0) is 9.59 Å². The number of nitrogens with one attached hydrogen (secondary N) is 3. The number of carbonyl (C=O) groups excluding carboxylic acids is 3. The van der Waals surface area contributed by atoms with E-state index in [4.69, 9.17) is 0 Å². The molecule has 0 unspecified atom stereocenters. The Labute approximate surface area is 194 Å². The van der Waals surface area contributed by atoms with Crippen LogP contribution in [0.3, 0.4) is 0 Å². The number of amides is 3. The van der Waals surface area contributed by atoms with E-state index in [1.807, 2.05) is 31.2 Å². The lowest BCUT2D eigenvalue weighted by Gasteiger charge is -2.33. The van der Waals surface area contributed by atoms with Crippen molar-refractivity contribution in [3.8, 4) is 0 Å². The molecule has 4 rings (SSSR count). The molecular formula is C25H31N5O3. The van der Waals surface area contributed by atoms with Gasteiger partial charge in [0.1, 0.15) is 0 Å². The molecule has 3 N–H and O–H groups in total. The van der Waals surface area contributed by atoms with Crippen LogP contribution in [-0.4, -0.2) is 72.8 Å². The molecule has 1 heterocycles. The topological polar surface area (TPSA) is 93.8 Å². The standard InChI is InChI=1S/C25H31N5O3/c1-18-5-4-6-20(15-18)27-25(33)21-7-2-3-8-22(21)28-24(32)17-30-13-11-29(12-14-30)16-23(31)26-19-9-10-19/h2-8,15,19H,9-14,16-17H2,1H3,(H,26,31)(H,27,33)(H,28,32). The van der Waals surface area contributed by atoms with Crippen LogP contribution in [0, 0.1) is 6.92 Å². The minimum atomic E-state index is -0.269. The third kappa shape index (κ3) is 6.87. The Bertz CT molecular complexity index is 1010. The number of para-hydroxylation sites is 1. The van der Waals surface area contributed by atoms with Crippen molar-refractivity contribution in [2.24, 2.45) is 0 Å². The lowest BCUT2D eigenvalue weighted by molar-refractivity contribution is -0.123. The first kappa shape index (κ1) is 22.9. The van der Waals surface area contributed by atoms with E-state index in [2.05, 4.69) is 25.8 Å². The Morgan fingerprint density at radius 1 is 0.848 bits per heavy atom. The fourth-order valence-electron chi connectivity index (χ4n) is 3.91. The minimum Gasteiger partial charge on any atom is -0.352 e. The van der Waals surface area contributed by atoms with E-state index in [1.54, 1.807) is 24.3 Å². The summed E-state index contributed by atoms with van der Waals surface area (Å²) in [6.07, 6.45) is 2.18. The molecule has 33 heavy (non-hydrogen) atoms. The molecule has 174 valence electrons. The number of hydrogen-bond acceptors (Lipinski definition) is 5. The zero-order chi connectivity index (χ0) is 23.2. The monoisotopic (exact) mass is 449 g/mol. The molecule has 0 aromatic heterocycles. The predicted octanol–water partition coefficient (Wildman–Crippen LogP) is 2.08. The van der Waals surface area contributed by atoms with E-state index < -0.39 is 0 Å². The highest BCUT2D eigenvalue weighted by atomic mass is 16.2. The SMILES string of the molecule is Cc1cccc(NC(=O)c2ccccc2NC(=O)CN2CCN(CC(=O)NC3CC3)CC2)c1. The molecule has 1 saturated heterocycles. The van der Waals surface area contributed by atoms with Gasteiger partial charge in [0.15, 0.2) is 0 Å². The quantitative estimate of drug-likeness (QED) is 0.574. The van der Waals surface area contributed by atoms with E-state index in [1.165, 1.54) is 0 Å². The van der Waals surface area contributed by atoms with Gasteiger partial charge in [-0.15, -0.1) is 0 Å². The van der Waals surface area contributed by atoms with Gasteiger partial charge in [-0.1, -0.05) is 24.3 Å². The maximum Gasteiger partial charge on any atom is 0.257 e. The summed E-state index contributed by atoms with van der Waals surface area (Å²) in [5.74, 6) is -0.343. The fourth-order valence-corrected chi connectivity index (χ4v) is 3.91. The minimum absolute atomic E-state index is 0.0873. The lowest BCUT2D eigenvalue weighted by atomic mass is 10.1. The molecule has 8 heteroatoms. The van der Waals surface area contributed by atoms with Crippen LogP contribution in [0.4, 0.5) is 11.4 Å². The highest BCUT2D eigenvalue weighted by molar-refractivity contribution is 6.10. The number of nitrogens with zero attached hydrogens (tertiary/aromatic N) is 2. The van der Waals surface area contributed by atoms with Crippen molar-refractivity contribution < 1.29 is 14.4 Å². The molecule has 2 fully saturated rings. The zero-order valence-corrected chi connectivity index (χ0v) is 19.0. The van der Waals surface area contributed by atoms with Gasteiger partial charge in [-0.05, 0) is 49.6 Å². The summed E-state index contributed by atoms with van der Waals surface area (Å²) in [6, 6.07) is 15.0. The van der Waals surface area contributed by atoms with Gasteiger partial charge in [0.05, 0.1) is 24.3 Å². The molecule has 1 aliphatic heterocycles. The predicted molar refractivity (Wildman–Crippen MR) is 128 cm³/mol. The molecule has 2 aromatic rings. The first-order valence-corrected chi connectivity index (χ1v) is 11.5. The van der Waals surface area contributed by atoms with E-state index in [0.717, 1.165) is 44.6 Å². The Kier molecular flexibility index (Phi) is 7.36. The number of rotatable bonds is 8. The van der Waals surface area contributed by atoms with Gasteiger partial charge >= 0.3 is 0 Å². The normalized spacial score (nSPS) is 16.8. The highest BCUT2D eigenvalue weighted by Gasteiger charge is 2.25. The van der Waals surface area contributed by atoms with Gasteiger partial charge in [-0.3, -0.25) is 24.2 Å². The van der Waals surface area contributed by atoms with Gasteiger partial charge in [0, 0.05) is 37.9 Å². The maximum absolute atomic E-state index is 12.8. The summed E-state index contributed by atoms with van der Waals surface area (Å²) >= 11 is 0. The van der Waals surface area contributed by atoms with Crippen LogP contribution in [0.1, 0.15) is 28.8 Å². The molecular weight excluding hydrogens is 418 g/mol. The summed E-state index contributed by atoms with van der Waals surface area (Å²) in [4.78, 5) is 41.7. The summed E-state index contributed by atoms with van der Waals surface area (Å²) in [6.45, 7) is 5.57. The van der Waals surface area contributed by atoms with E-state index in [9.17, 15) is 14.4 Å². The fraction of sp³-hybridized carbons (Fsp3) is 0.400. The number of benzene rings is 2. The summed E-state index contributed by atoms with van der Waals surface area (Å²) in [7, 11) is 0. The summed E-state index contributed by atoms with van der Waals surface area (Å²) in [5.41, 5.74) is 2.67. The number of aryl methyl sites for hydroxylation is 1. The first-order valence-electron chi connectivity index (χ1n) is 11.5. The van der Waals surface area contributed by atoms with Gasteiger partial charge in [-0.2, -0.15) is 0 Å². The van der Waals surface area contributed by atoms with Gasteiger partial charge in [0.2, 0.25) is 11.8 Å². The van der Waals surface area contributed by atoms with Crippen LogP contribution in [0.25, 0.3) is 0 Å². The smallest absolute Gasteiger partial charge is 0.257 e. The largest absolute Gasteiger partial charge is 0.352 e. The molecule has 1 saturated carbocycles. The second-order valence-electron chi connectivity index (χ2n) is 8.81. The number of piperazine rings is 1. The lowest BCUT2D eigenvalue weighted by Crippen LogP contribution is -2.51. The molecule has 0 atom stereocenters. The summed E-state index contributed by atoms with van der Waals surface area (Å²) in [5, 5.41) is 8.79. The Balaban J connectivity index is 1.26. The molecule has 3 amide bonds. The molecule has 2 aliphatic rings. The number of carbonyl (C=O) groups is 3. The number of anilines is 2. The third-order valence-corrected chi connectivity index (χ3v) is 5.86. The maximum atomic E-state index is 12.8. The van der Waals surface area contributed by atoms with Crippen LogP contribution < -0.4 is 16.0 Å². The van der Waals surface area contributed by atoms with Crippen molar-refractivity contribution in [3.63, 3.8) is 0 Å². The molecule has 8 nitrogen and oxygen atoms in total. The highest BCUT2D eigenvalue weighted by Crippen LogP contribution is 2.19. The van der Waals surface area contributed by atoms with Crippen molar-refractivity contribution in [1.82, 2.24) is 15.1 Å². The van der Waals surface area contributed by atoms with E-state index in [-0.39, 0.29) is 24.3 Å². The van der Waals surface area contributed by atoms with Crippen molar-refractivity contribution in [3.05, 3.63) is 59.7 Å². The molecule has 0 bridgehead atoms. The summed E-state index contributed by atoms with van der Waals surface area (Å²) < 4.78 is 0. The van der Waals surface area contributed by atoms with Crippen LogP contribution in [0.2, 0.25) is 0 Å². The average molecular weight is 450 g/mol. The number of hydrogen-bond donors (Lipinski definition) is 3. The van der Waals surface area contributed by atoms with Gasteiger partial charge in [0.25, 0.3) is 5.91 Å². The van der Waals surface area contributed by atoms with E-state index >= 15 is 0 Å². The average Bonchev–Trinajstić information content (AvgIpc) is 3.59. The molecule has 2 aromatic carbocycles. The van der Waals surface area contributed by atoms with Crippen LogP contribution >= 0.6 is 0 Å². The first-order chi connectivity index (χ1) is 16.0. The van der Waals surface area contributed by atoms with Crippen molar-refractivity contribution in [2.45, 2.75) is 25.8 Å². The van der Waals surface area contributed by atoms with Crippen molar-refractivity contribution in [2.75, 3.05) is 49.9 Å². The van der Waals surface area contributed by atoms with Crippen molar-refractivity contribution in [1.29, 1.82) is 0 Å².